The number of ether oxygens (including phenoxy) is 1. The fourth-order valence-electron chi connectivity index (χ4n) is 6.83. The first-order valence-electron chi connectivity index (χ1n) is 17.4. The predicted octanol–water partition coefficient (Wildman–Crippen LogP) is 12.0. The summed E-state index contributed by atoms with van der Waals surface area (Å²) >= 11 is 0. The second kappa shape index (κ2) is 13.4. The van der Waals surface area contributed by atoms with Gasteiger partial charge in [0.25, 0.3) is 0 Å². The fraction of sp³-hybridized carbons (Fsp3) is 0.174. The van der Waals surface area contributed by atoms with E-state index in [-0.39, 0.29) is 37.0 Å². The van der Waals surface area contributed by atoms with Crippen LogP contribution >= 0.6 is 0 Å². The minimum atomic E-state index is -0.0299. The zero-order chi connectivity index (χ0) is 35.5. The van der Waals surface area contributed by atoms with E-state index in [1.54, 1.807) is 0 Å². The molecule has 0 fully saturated rings. The first-order chi connectivity index (χ1) is 24.5. The Labute approximate surface area is 318 Å². The summed E-state index contributed by atoms with van der Waals surface area (Å²) in [5, 5.41) is 14.8. The van der Waals surface area contributed by atoms with Gasteiger partial charge in [0.05, 0.1) is 0 Å². The maximum absolute atomic E-state index is 11.7. The minimum Gasteiger partial charge on any atom is -0.505 e. The summed E-state index contributed by atoms with van der Waals surface area (Å²) in [6, 6.07) is 44.6. The van der Waals surface area contributed by atoms with Crippen molar-refractivity contribution in [2.24, 2.45) is 0 Å². The molecule has 0 unspecified atom stereocenters. The summed E-state index contributed by atoms with van der Waals surface area (Å²) < 4.78 is 8.60. The molecule has 3 heterocycles. The molecule has 8 rings (SSSR count). The molecule has 0 aliphatic carbocycles. The Bertz CT molecular complexity index is 2580. The smallest absolute Gasteiger partial charge is 0.217 e. The minimum absolute atomic E-state index is 0. The van der Waals surface area contributed by atoms with Gasteiger partial charge in [0.1, 0.15) is 17.1 Å². The van der Waals surface area contributed by atoms with Gasteiger partial charge in [0, 0.05) is 54.9 Å². The Balaban J connectivity index is 0.00000420. The summed E-state index contributed by atoms with van der Waals surface area (Å²) in [5.41, 5.74) is 8.52. The van der Waals surface area contributed by atoms with E-state index in [4.69, 9.17) is 14.7 Å². The van der Waals surface area contributed by atoms with Crippen molar-refractivity contribution < 1.29 is 30.3 Å². The van der Waals surface area contributed by atoms with Crippen LogP contribution in [-0.4, -0.2) is 19.6 Å². The van der Waals surface area contributed by atoms with Crippen LogP contribution in [0.4, 0.5) is 0 Å². The number of pyridine rings is 2. The summed E-state index contributed by atoms with van der Waals surface area (Å²) in [6.45, 7) is 13.3. The fourth-order valence-corrected chi connectivity index (χ4v) is 6.83. The molecule has 0 saturated heterocycles. The number of phenolic OH excluding ortho intramolecular Hbond substituents is 1. The standard InChI is InChI=1S/C46H40N3O2.Pd/c1-45(2,3)31-18-16-30(17-19-31)37-28-38(29-12-8-7-9-13-29)44(50)43-36(37)22-23-42(48-43)51-33-20-21-35-34-14-10-11-15-39(34)49(40(35)27-33)41-26-32(24-25-47-41)46(4,5)6;/h7-26,28,50H,1-6H3;/q-1;. The summed E-state index contributed by atoms with van der Waals surface area (Å²) in [5.74, 6) is 1.82. The van der Waals surface area contributed by atoms with Gasteiger partial charge in [-0.25, -0.2) is 9.97 Å². The Morgan fingerprint density at radius 2 is 1.31 bits per heavy atom. The average molecular weight is 773 g/mol. The van der Waals surface area contributed by atoms with Crippen LogP contribution in [0.15, 0.2) is 128 Å². The monoisotopic (exact) mass is 772 g/mol. The van der Waals surface area contributed by atoms with E-state index in [0.29, 0.717) is 22.7 Å². The van der Waals surface area contributed by atoms with Gasteiger partial charge in [-0.15, -0.1) is 17.5 Å². The molecule has 5 aromatic carbocycles. The summed E-state index contributed by atoms with van der Waals surface area (Å²) in [7, 11) is 0. The van der Waals surface area contributed by atoms with Crippen LogP contribution in [0.1, 0.15) is 52.7 Å². The van der Waals surface area contributed by atoms with Crippen molar-refractivity contribution in [2.45, 2.75) is 52.4 Å². The first-order valence-corrected chi connectivity index (χ1v) is 17.4. The van der Waals surface area contributed by atoms with Crippen LogP contribution in [0.25, 0.3) is 60.8 Å². The molecule has 0 atom stereocenters. The van der Waals surface area contributed by atoms with E-state index in [1.807, 2.05) is 60.8 Å². The first kappa shape index (κ1) is 35.1. The third kappa shape index (κ3) is 6.38. The number of hydrogen-bond acceptors (Lipinski definition) is 4. The molecule has 8 aromatic rings. The van der Waals surface area contributed by atoms with Crippen molar-refractivity contribution in [1.82, 2.24) is 14.5 Å². The van der Waals surface area contributed by atoms with Crippen LogP contribution < -0.4 is 4.74 Å². The maximum atomic E-state index is 11.7. The van der Waals surface area contributed by atoms with Gasteiger partial charge >= 0.3 is 0 Å². The van der Waals surface area contributed by atoms with Crippen LogP contribution in [0.2, 0.25) is 0 Å². The average Bonchev–Trinajstić information content (AvgIpc) is 3.45. The summed E-state index contributed by atoms with van der Waals surface area (Å²) in [4.78, 5) is 9.73. The summed E-state index contributed by atoms with van der Waals surface area (Å²) in [6.07, 6.45) is 1.87. The van der Waals surface area contributed by atoms with Crippen molar-refractivity contribution in [3.63, 3.8) is 0 Å². The van der Waals surface area contributed by atoms with Gasteiger partial charge in [-0.2, -0.15) is 6.07 Å². The number of fused-ring (bicyclic) bond motifs is 4. The second-order valence-electron chi connectivity index (χ2n) is 15.3. The van der Waals surface area contributed by atoms with Gasteiger partial charge in [-0.1, -0.05) is 120 Å². The normalized spacial score (nSPS) is 12.0. The van der Waals surface area contributed by atoms with Crippen LogP contribution in [0.5, 0.6) is 17.4 Å². The number of benzene rings is 5. The number of para-hydroxylation sites is 1. The van der Waals surface area contributed by atoms with E-state index >= 15 is 0 Å². The predicted molar refractivity (Wildman–Crippen MR) is 209 cm³/mol. The van der Waals surface area contributed by atoms with Gasteiger partial charge in [0.2, 0.25) is 5.88 Å². The molecular formula is C46H40N3O2Pd-. The van der Waals surface area contributed by atoms with E-state index in [2.05, 4.69) is 119 Å². The van der Waals surface area contributed by atoms with E-state index in [1.165, 1.54) is 11.1 Å². The zero-order valence-electron chi connectivity index (χ0n) is 30.1. The molecule has 1 N–H and O–H groups in total. The third-order valence-electron chi connectivity index (χ3n) is 9.69. The van der Waals surface area contributed by atoms with E-state index < -0.39 is 0 Å². The zero-order valence-corrected chi connectivity index (χ0v) is 31.7. The number of hydrogen-bond donors (Lipinski definition) is 1. The van der Waals surface area contributed by atoms with Crippen molar-refractivity contribution in [3.05, 3.63) is 145 Å². The molecule has 5 nitrogen and oxygen atoms in total. The van der Waals surface area contributed by atoms with Gasteiger partial charge in [-0.05, 0) is 74.4 Å². The Hall–Kier alpha value is -5.28. The molecule has 0 radical (unpaired) electrons. The molecule has 0 amide bonds. The Kier molecular flexibility index (Phi) is 9.03. The quantitative estimate of drug-likeness (QED) is 0.140. The van der Waals surface area contributed by atoms with Gasteiger partial charge in [-0.3, -0.25) is 0 Å². The van der Waals surface area contributed by atoms with Gasteiger partial charge < -0.3 is 14.4 Å². The van der Waals surface area contributed by atoms with Gasteiger partial charge in [0.15, 0.2) is 0 Å². The Morgan fingerprint density at radius 3 is 2.04 bits per heavy atom. The maximum Gasteiger partial charge on any atom is 0.217 e. The molecule has 6 heteroatoms. The molecule has 0 spiro atoms. The SMILES string of the molecule is CC(C)(C)c1ccc(-c2cc(-c3ccccc3)c(O)c3nc(Oc4[c-]c5c(cc4)c4ccccc4n5-c4cc(C(C)(C)C)ccn4)ccc23)cc1.[Pd]. The Morgan fingerprint density at radius 1 is 0.635 bits per heavy atom. The van der Waals surface area contributed by atoms with Crippen molar-refractivity contribution in [3.8, 4) is 45.5 Å². The van der Waals surface area contributed by atoms with Crippen molar-refractivity contribution >= 4 is 32.7 Å². The largest absolute Gasteiger partial charge is 0.505 e. The molecule has 0 saturated carbocycles. The van der Waals surface area contributed by atoms with E-state index in [9.17, 15) is 5.11 Å². The molecule has 0 aliphatic heterocycles. The van der Waals surface area contributed by atoms with Crippen LogP contribution in [-0.2, 0) is 31.3 Å². The molecule has 0 aliphatic rings. The van der Waals surface area contributed by atoms with Crippen molar-refractivity contribution in [1.29, 1.82) is 0 Å². The number of aromatic hydroxyl groups is 1. The topological polar surface area (TPSA) is 60.2 Å². The number of aromatic nitrogens is 3. The molecule has 262 valence electrons. The molecule has 0 bridgehead atoms. The number of nitrogens with zero attached hydrogens (tertiary/aromatic N) is 3. The van der Waals surface area contributed by atoms with Crippen molar-refractivity contribution in [2.75, 3.05) is 0 Å². The number of phenols is 1. The van der Waals surface area contributed by atoms with E-state index in [0.717, 1.165) is 49.7 Å². The van der Waals surface area contributed by atoms with Crippen LogP contribution in [0, 0.1) is 6.07 Å². The molecular weight excluding hydrogens is 733 g/mol. The number of rotatable bonds is 5. The second-order valence-corrected chi connectivity index (χ2v) is 15.3. The molecule has 52 heavy (non-hydrogen) atoms. The third-order valence-corrected chi connectivity index (χ3v) is 9.69. The van der Waals surface area contributed by atoms with Crippen LogP contribution in [0.3, 0.4) is 0 Å². The molecule has 3 aromatic heterocycles.